The molecule has 5 nitrogen and oxygen atoms in total. The molecule has 3 rings (SSSR count). The summed E-state index contributed by atoms with van der Waals surface area (Å²) >= 11 is 0. The number of aromatic nitrogens is 1. The van der Waals surface area contributed by atoms with Crippen molar-refractivity contribution in [1.82, 2.24) is 4.98 Å². The van der Waals surface area contributed by atoms with Crippen molar-refractivity contribution in [1.29, 1.82) is 0 Å². The van der Waals surface area contributed by atoms with Gasteiger partial charge in [-0.15, -0.1) is 0 Å². The maximum absolute atomic E-state index is 12.4. The number of anilines is 1. The molecule has 1 aliphatic carbocycles. The van der Waals surface area contributed by atoms with Gasteiger partial charge in [0, 0.05) is 29.3 Å². The number of amides is 1. The zero-order chi connectivity index (χ0) is 14.3. The van der Waals surface area contributed by atoms with Crippen LogP contribution in [0.15, 0.2) is 30.5 Å². The van der Waals surface area contributed by atoms with Crippen LogP contribution in [0.4, 0.5) is 5.69 Å². The summed E-state index contributed by atoms with van der Waals surface area (Å²) in [7, 11) is 0. The molecule has 2 atom stereocenters. The third-order valence-electron chi connectivity index (χ3n) is 3.86. The van der Waals surface area contributed by atoms with Gasteiger partial charge in [-0.1, -0.05) is 0 Å². The van der Waals surface area contributed by atoms with Crippen molar-refractivity contribution < 1.29 is 14.7 Å². The lowest BCUT2D eigenvalue weighted by molar-refractivity contribution is -0.140. The van der Waals surface area contributed by atoms with Crippen LogP contribution in [0.2, 0.25) is 0 Å². The molecule has 2 unspecified atom stereocenters. The molecule has 1 amide bonds. The Labute approximate surface area is 116 Å². The van der Waals surface area contributed by atoms with Crippen LogP contribution in [0.3, 0.4) is 0 Å². The Balaban J connectivity index is 1.85. The first-order valence-corrected chi connectivity index (χ1v) is 6.73. The number of nitrogens with one attached hydrogen (secondary N) is 1. The van der Waals surface area contributed by atoms with E-state index in [0.717, 1.165) is 16.6 Å². The average molecular weight is 272 g/mol. The number of fused-ring (bicyclic) bond motifs is 1. The first-order chi connectivity index (χ1) is 9.61. The summed E-state index contributed by atoms with van der Waals surface area (Å²) in [5.74, 6) is -1.84. The number of H-pyrrole nitrogens is 1. The molecule has 1 fully saturated rings. The highest BCUT2D eigenvalue weighted by molar-refractivity contribution is 6.01. The number of carboxylic acid groups (broad SMARTS) is 1. The Morgan fingerprint density at radius 1 is 1.35 bits per heavy atom. The van der Waals surface area contributed by atoms with E-state index in [9.17, 15) is 9.59 Å². The SMILES string of the molecule is CCN(C(=O)C1CC1C(=O)O)c1ccc2[nH]ccc2c1. The van der Waals surface area contributed by atoms with Crippen molar-refractivity contribution in [3.05, 3.63) is 30.5 Å². The lowest BCUT2D eigenvalue weighted by atomic mass is 10.2. The lowest BCUT2D eigenvalue weighted by Gasteiger charge is -2.21. The summed E-state index contributed by atoms with van der Waals surface area (Å²) in [6, 6.07) is 7.72. The average Bonchev–Trinajstić information content (AvgIpc) is 3.11. The highest BCUT2D eigenvalue weighted by atomic mass is 16.4. The maximum atomic E-state index is 12.4. The zero-order valence-corrected chi connectivity index (χ0v) is 11.2. The van der Waals surface area contributed by atoms with Crippen LogP contribution in [0.5, 0.6) is 0 Å². The third-order valence-corrected chi connectivity index (χ3v) is 3.86. The van der Waals surface area contributed by atoms with Gasteiger partial charge in [0.15, 0.2) is 0 Å². The van der Waals surface area contributed by atoms with Crippen LogP contribution in [-0.2, 0) is 9.59 Å². The molecule has 20 heavy (non-hydrogen) atoms. The van der Waals surface area contributed by atoms with Gasteiger partial charge in [-0.25, -0.2) is 0 Å². The van der Waals surface area contributed by atoms with E-state index in [1.165, 1.54) is 0 Å². The van der Waals surface area contributed by atoms with Gasteiger partial charge in [0.05, 0.1) is 11.8 Å². The number of carbonyl (C=O) groups is 2. The summed E-state index contributed by atoms with van der Waals surface area (Å²) in [5.41, 5.74) is 1.84. The quantitative estimate of drug-likeness (QED) is 0.896. The van der Waals surface area contributed by atoms with E-state index < -0.39 is 11.9 Å². The Kier molecular flexibility index (Phi) is 2.97. The number of rotatable bonds is 4. The van der Waals surface area contributed by atoms with Crippen LogP contribution < -0.4 is 4.90 Å². The van der Waals surface area contributed by atoms with E-state index in [2.05, 4.69) is 4.98 Å². The van der Waals surface area contributed by atoms with Crippen molar-refractivity contribution in [2.24, 2.45) is 11.8 Å². The number of nitrogens with zero attached hydrogens (tertiary/aromatic N) is 1. The minimum Gasteiger partial charge on any atom is -0.481 e. The molecule has 1 aromatic carbocycles. The second-order valence-corrected chi connectivity index (χ2v) is 5.12. The van der Waals surface area contributed by atoms with Gasteiger partial charge < -0.3 is 15.0 Å². The predicted molar refractivity (Wildman–Crippen MR) is 75.6 cm³/mol. The molecule has 5 heteroatoms. The second-order valence-electron chi connectivity index (χ2n) is 5.12. The van der Waals surface area contributed by atoms with E-state index in [0.29, 0.717) is 13.0 Å². The Morgan fingerprint density at radius 3 is 2.80 bits per heavy atom. The van der Waals surface area contributed by atoms with E-state index in [-0.39, 0.29) is 11.8 Å². The van der Waals surface area contributed by atoms with E-state index in [1.807, 2.05) is 37.4 Å². The van der Waals surface area contributed by atoms with E-state index in [1.54, 1.807) is 4.90 Å². The van der Waals surface area contributed by atoms with Crippen molar-refractivity contribution in [3.63, 3.8) is 0 Å². The normalized spacial score (nSPS) is 20.9. The molecule has 1 saturated carbocycles. The van der Waals surface area contributed by atoms with Crippen molar-refractivity contribution in [3.8, 4) is 0 Å². The minimum atomic E-state index is -0.875. The molecule has 0 aliphatic heterocycles. The van der Waals surface area contributed by atoms with Crippen molar-refractivity contribution >= 4 is 28.5 Å². The van der Waals surface area contributed by atoms with Gasteiger partial charge in [0.2, 0.25) is 5.91 Å². The topological polar surface area (TPSA) is 73.4 Å². The monoisotopic (exact) mass is 272 g/mol. The highest BCUT2D eigenvalue weighted by Crippen LogP contribution is 2.41. The zero-order valence-electron chi connectivity index (χ0n) is 11.2. The summed E-state index contributed by atoms with van der Waals surface area (Å²) in [4.78, 5) is 28.0. The smallest absolute Gasteiger partial charge is 0.307 e. The Hall–Kier alpha value is -2.30. The molecular formula is C15H16N2O3. The first-order valence-electron chi connectivity index (χ1n) is 6.73. The van der Waals surface area contributed by atoms with Gasteiger partial charge in [0.1, 0.15) is 0 Å². The summed E-state index contributed by atoms with van der Waals surface area (Å²) in [5, 5.41) is 9.98. The van der Waals surface area contributed by atoms with E-state index >= 15 is 0 Å². The predicted octanol–water partition coefficient (Wildman–Crippen LogP) is 2.24. The summed E-state index contributed by atoms with van der Waals surface area (Å²) in [6.07, 6.45) is 2.31. The van der Waals surface area contributed by atoms with Crippen molar-refractivity contribution in [2.45, 2.75) is 13.3 Å². The van der Waals surface area contributed by atoms with Crippen LogP contribution in [0.1, 0.15) is 13.3 Å². The van der Waals surface area contributed by atoms with Crippen molar-refractivity contribution in [2.75, 3.05) is 11.4 Å². The number of aromatic amines is 1. The largest absolute Gasteiger partial charge is 0.481 e. The van der Waals surface area contributed by atoms with Gasteiger partial charge in [-0.3, -0.25) is 9.59 Å². The lowest BCUT2D eigenvalue weighted by Crippen LogP contribution is -2.32. The van der Waals surface area contributed by atoms with Gasteiger partial charge in [0.25, 0.3) is 0 Å². The number of aliphatic carboxylic acids is 1. The fraction of sp³-hybridized carbons (Fsp3) is 0.333. The molecule has 1 aromatic heterocycles. The standard InChI is InChI=1S/C15H16N2O3/c1-2-17(14(18)11-8-12(11)15(19)20)10-3-4-13-9(7-10)5-6-16-13/h3-7,11-12,16H,2,8H2,1H3,(H,19,20). The van der Waals surface area contributed by atoms with E-state index in [4.69, 9.17) is 5.11 Å². The van der Waals surface area contributed by atoms with Crippen LogP contribution in [-0.4, -0.2) is 28.5 Å². The highest BCUT2D eigenvalue weighted by Gasteiger charge is 2.49. The van der Waals surface area contributed by atoms with Gasteiger partial charge in [-0.2, -0.15) is 0 Å². The third kappa shape index (κ3) is 2.05. The number of carbonyl (C=O) groups excluding carboxylic acids is 1. The molecular weight excluding hydrogens is 256 g/mol. The minimum absolute atomic E-state index is 0.0882. The molecule has 0 saturated heterocycles. The second kappa shape index (κ2) is 4.67. The van der Waals surface area contributed by atoms with Crippen LogP contribution in [0, 0.1) is 11.8 Å². The summed E-state index contributed by atoms with van der Waals surface area (Å²) in [6.45, 7) is 2.44. The fourth-order valence-corrected chi connectivity index (χ4v) is 2.62. The molecule has 2 N–H and O–H groups in total. The van der Waals surface area contributed by atoms with Crippen LogP contribution in [0.25, 0.3) is 10.9 Å². The molecule has 1 heterocycles. The fourth-order valence-electron chi connectivity index (χ4n) is 2.62. The molecule has 1 aliphatic rings. The molecule has 2 aromatic rings. The molecule has 0 bridgehead atoms. The van der Waals surface area contributed by atoms with Gasteiger partial charge in [-0.05, 0) is 37.6 Å². The number of benzene rings is 1. The Bertz CT molecular complexity index is 677. The molecule has 104 valence electrons. The number of hydrogen-bond acceptors (Lipinski definition) is 2. The molecule has 0 spiro atoms. The summed E-state index contributed by atoms with van der Waals surface area (Å²) < 4.78 is 0. The number of hydrogen-bond donors (Lipinski definition) is 2. The Morgan fingerprint density at radius 2 is 2.15 bits per heavy atom. The number of carboxylic acids is 1. The van der Waals surface area contributed by atoms with Gasteiger partial charge >= 0.3 is 5.97 Å². The first kappa shape index (κ1) is 12.7. The molecule has 0 radical (unpaired) electrons. The van der Waals surface area contributed by atoms with Crippen LogP contribution >= 0.6 is 0 Å². The maximum Gasteiger partial charge on any atom is 0.307 e.